The number of anilines is 3. The van der Waals surface area contributed by atoms with Gasteiger partial charge in [-0.1, -0.05) is 18.2 Å². The fourth-order valence-electron chi connectivity index (χ4n) is 4.61. The molecule has 3 heterocycles. The summed E-state index contributed by atoms with van der Waals surface area (Å²) in [6.45, 7) is 3.39. The van der Waals surface area contributed by atoms with Crippen LogP contribution in [0.1, 0.15) is 21.5 Å². The fourth-order valence-corrected chi connectivity index (χ4v) is 4.61. The van der Waals surface area contributed by atoms with Crippen LogP contribution in [0.4, 0.5) is 17.3 Å². The third-order valence-corrected chi connectivity index (χ3v) is 7.12. The van der Waals surface area contributed by atoms with Gasteiger partial charge in [-0.05, 0) is 48.9 Å². The number of carbonyl (C=O) groups is 1. The highest BCUT2D eigenvalue weighted by molar-refractivity contribution is 6.04. The standard InChI is InChI=1S/C29H31N7O4/c1-21-5-10-25(18-27(21)33-29-30-12-11-26(32-29)24-4-3-13-34(38)19-24)31-28(37)23-8-6-22(7-9-23)20-36(40)16-14-35(2,39)15-17-36/h3-13,18-19H,14-17,20H2,1-2H3,(H,31,37)(H,30,32,33). The molecule has 0 bridgehead atoms. The SMILES string of the molecule is Cc1ccc(NC(=O)c2ccc(C[N+]3([O-])CC[N+](C)([O-])CC3)cc2)cc1Nc1nccc(-c2ccc[n+]([O-])c2)n1. The molecule has 1 saturated heterocycles. The molecule has 0 atom stereocenters. The summed E-state index contributed by atoms with van der Waals surface area (Å²) in [4.78, 5) is 21.8. The van der Waals surface area contributed by atoms with Crippen molar-refractivity contribution in [3.8, 4) is 11.3 Å². The Kier molecular flexibility index (Phi) is 7.46. The van der Waals surface area contributed by atoms with Gasteiger partial charge in [0.2, 0.25) is 5.95 Å². The van der Waals surface area contributed by atoms with Crippen molar-refractivity contribution in [1.82, 2.24) is 9.97 Å². The first-order valence-electron chi connectivity index (χ1n) is 13.0. The predicted octanol–water partition coefficient (Wildman–Crippen LogP) is 3.85. The monoisotopic (exact) mass is 541 g/mol. The minimum absolute atomic E-state index is 0.277. The van der Waals surface area contributed by atoms with E-state index in [1.807, 2.05) is 19.1 Å². The molecular formula is C29H31N7O4. The number of rotatable bonds is 7. The summed E-state index contributed by atoms with van der Waals surface area (Å²) in [5, 5.41) is 42.8. The van der Waals surface area contributed by atoms with Gasteiger partial charge in [0.15, 0.2) is 12.4 Å². The van der Waals surface area contributed by atoms with Crippen molar-refractivity contribution < 1.29 is 18.8 Å². The van der Waals surface area contributed by atoms with E-state index in [4.69, 9.17) is 0 Å². The number of hydrogen-bond donors (Lipinski definition) is 2. The molecule has 2 aromatic carbocycles. The molecule has 11 nitrogen and oxygen atoms in total. The summed E-state index contributed by atoms with van der Waals surface area (Å²) in [5.41, 5.74) is 4.80. The number of amides is 1. The van der Waals surface area contributed by atoms with Crippen LogP contribution in [0.15, 0.2) is 79.3 Å². The number of likely N-dealkylation sites (N-methyl/N-ethyl adjacent to an activating group) is 1. The van der Waals surface area contributed by atoms with Crippen molar-refractivity contribution in [3.63, 3.8) is 0 Å². The smallest absolute Gasteiger partial charge is 0.255 e. The number of carbonyl (C=O) groups excluding carboxylic acids is 1. The van der Waals surface area contributed by atoms with Gasteiger partial charge in [-0.25, -0.2) is 9.97 Å². The molecule has 0 radical (unpaired) electrons. The summed E-state index contributed by atoms with van der Waals surface area (Å²) in [5.74, 6) is 0.0744. The van der Waals surface area contributed by atoms with E-state index in [-0.39, 0.29) is 30.2 Å². The summed E-state index contributed by atoms with van der Waals surface area (Å²) < 4.78 is -0.0705. The van der Waals surface area contributed by atoms with Gasteiger partial charge in [-0.15, -0.1) is 0 Å². The van der Waals surface area contributed by atoms with E-state index in [9.17, 15) is 20.4 Å². The Morgan fingerprint density at radius 1 is 1.02 bits per heavy atom. The van der Waals surface area contributed by atoms with Crippen molar-refractivity contribution in [1.29, 1.82) is 0 Å². The maximum atomic E-state index is 13.0. The second kappa shape index (κ2) is 11.0. The lowest BCUT2D eigenvalue weighted by Crippen LogP contribution is -2.60. The largest absolute Gasteiger partial charge is 0.633 e. The minimum atomic E-state index is -0.419. The average molecular weight is 542 g/mol. The molecule has 2 aromatic heterocycles. The zero-order valence-corrected chi connectivity index (χ0v) is 22.4. The molecule has 11 heteroatoms. The van der Waals surface area contributed by atoms with Crippen LogP contribution < -0.4 is 15.4 Å². The number of piperazine rings is 1. The Balaban J connectivity index is 1.24. The third-order valence-electron chi connectivity index (χ3n) is 7.12. The maximum absolute atomic E-state index is 13.0. The zero-order chi connectivity index (χ0) is 28.3. The van der Waals surface area contributed by atoms with Crippen LogP contribution >= 0.6 is 0 Å². The number of hydrogen-bond acceptors (Lipinski definition) is 7. The highest BCUT2D eigenvalue weighted by Crippen LogP contribution is 2.25. The topological polar surface area (TPSA) is 140 Å². The number of hydroxylamine groups is 6. The second-order valence-corrected chi connectivity index (χ2v) is 10.4. The Labute approximate surface area is 232 Å². The van der Waals surface area contributed by atoms with E-state index in [1.165, 1.54) is 12.4 Å². The number of quaternary nitrogens is 2. The number of pyridine rings is 1. The van der Waals surface area contributed by atoms with Crippen molar-refractivity contribution in [2.75, 3.05) is 43.9 Å². The van der Waals surface area contributed by atoms with Crippen LogP contribution in [0.5, 0.6) is 0 Å². The van der Waals surface area contributed by atoms with Crippen LogP contribution in [0.2, 0.25) is 0 Å². The first-order valence-corrected chi connectivity index (χ1v) is 13.0. The van der Waals surface area contributed by atoms with E-state index in [0.717, 1.165) is 16.8 Å². The van der Waals surface area contributed by atoms with E-state index < -0.39 is 4.65 Å². The van der Waals surface area contributed by atoms with Crippen molar-refractivity contribution in [3.05, 3.63) is 112 Å². The fraction of sp³-hybridized carbons (Fsp3) is 0.241. The van der Waals surface area contributed by atoms with Crippen LogP contribution in [0.3, 0.4) is 0 Å². The first-order chi connectivity index (χ1) is 19.1. The van der Waals surface area contributed by atoms with Crippen LogP contribution in [-0.2, 0) is 6.54 Å². The lowest BCUT2D eigenvalue weighted by atomic mass is 10.1. The molecule has 206 valence electrons. The van der Waals surface area contributed by atoms with E-state index in [0.29, 0.717) is 46.3 Å². The van der Waals surface area contributed by atoms with Crippen LogP contribution in [-0.4, -0.2) is 58.4 Å². The predicted molar refractivity (Wildman–Crippen MR) is 152 cm³/mol. The quantitative estimate of drug-likeness (QED) is 0.206. The molecule has 5 rings (SSSR count). The number of nitrogens with one attached hydrogen (secondary N) is 2. The molecule has 2 N–H and O–H groups in total. The summed E-state index contributed by atoms with van der Waals surface area (Å²) in [6.07, 6.45) is 4.46. The molecule has 4 aromatic rings. The van der Waals surface area contributed by atoms with Crippen LogP contribution in [0, 0.1) is 22.5 Å². The second-order valence-electron chi connectivity index (χ2n) is 10.4. The number of nitrogens with zero attached hydrogens (tertiary/aromatic N) is 5. The molecule has 1 aliphatic heterocycles. The number of aromatic nitrogens is 3. The lowest BCUT2D eigenvalue weighted by Gasteiger charge is -2.52. The third kappa shape index (κ3) is 6.58. The van der Waals surface area contributed by atoms with Crippen molar-refractivity contribution >= 4 is 23.2 Å². The molecule has 0 unspecified atom stereocenters. The highest BCUT2D eigenvalue weighted by Gasteiger charge is 2.29. The van der Waals surface area contributed by atoms with E-state index >= 15 is 0 Å². The highest BCUT2D eigenvalue weighted by atomic mass is 16.6. The Morgan fingerprint density at radius 2 is 1.77 bits per heavy atom. The van der Waals surface area contributed by atoms with Crippen molar-refractivity contribution in [2.24, 2.45) is 0 Å². The molecule has 0 saturated carbocycles. The summed E-state index contributed by atoms with van der Waals surface area (Å²) >= 11 is 0. The van der Waals surface area contributed by atoms with Gasteiger partial charge in [0.25, 0.3) is 5.91 Å². The van der Waals surface area contributed by atoms with Gasteiger partial charge < -0.3 is 35.5 Å². The normalized spacial score (nSPS) is 20.6. The number of benzene rings is 2. The molecule has 1 fully saturated rings. The van der Waals surface area contributed by atoms with Gasteiger partial charge in [0.05, 0.1) is 18.3 Å². The Morgan fingerprint density at radius 3 is 2.50 bits per heavy atom. The Hall–Kier alpha value is -4.42. The van der Waals surface area contributed by atoms with E-state index in [1.54, 1.807) is 61.8 Å². The maximum Gasteiger partial charge on any atom is 0.255 e. The van der Waals surface area contributed by atoms with Crippen molar-refractivity contribution in [2.45, 2.75) is 13.5 Å². The lowest BCUT2D eigenvalue weighted by molar-refractivity contribution is -0.987. The molecule has 1 amide bonds. The average Bonchev–Trinajstić information content (AvgIpc) is 2.93. The summed E-state index contributed by atoms with van der Waals surface area (Å²) in [7, 11) is 1.60. The first kappa shape index (κ1) is 27.2. The molecular weight excluding hydrogens is 510 g/mol. The molecule has 0 aliphatic carbocycles. The Bertz CT molecular complexity index is 1520. The zero-order valence-electron chi connectivity index (χ0n) is 22.4. The molecule has 40 heavy (non-hydrogen) atoms. The summed E-state index contributed by atoms with van der Waals surface area (Å²) in [6, 6.07) is 17.7. The van der Waals surface area contributed by atoms with Gasteiger partial charge in [0.1, 0.15) is 32.7 Å². The number of aryl methyl sites for hydroxylation is 1. The van der Waals surface area contributed by atoms with Gasteiger partial charge in [-0.3, -0.25) is 4.79 Å². The van der Waals surface area contributed by atoms with Gasteiger partial charge >= 0.3 is 0 Å². The van der Waals surface area contributed by atoms with Gasteiger partial charge in [0, 0.05) is 34.8 Å². The molecule has 0 spiro atoms. The van der Waals surface area contributed by atoms with Gasteiger partial charge in [-0.2, -0.15) is 4.73 Å². The molecule has 1 aliphatic rings. The van der Waals surface area contributed by atoms with Crippen LogP contribution in [0.25, 0.3) is 11.3 Å². The van der Waals surface area contributed by atoms with E-state index in [2.05, 4.69) is 20.6 Å². The minimum Gasteiger partial charge on any atom is -0.633 e.